The number of rotatable bonds is 0. The third-order valence-corrected chi connectivity index (χ3v) is 3.40. The number of halogens is 3. The number of nitrogens with zero attached hydrogens (tertiary/aromatic N) is 1. The average Bonchev–Trinajstić information content (AvgIpc) is 1.98. The van der Waals surface area contributed by atoms with Crippen molar-refractivity contribution in [3.8, 4) is 0 Å². The molecule has 0 aromatic carbocycles. The van der Waals surface area contributed by atoms with Crippen molar-refractivity contribution in [3.05, 3.63) is 26.4 Å². The van der Waals surface area contributed by atoms with Crippen LogP contribution in [-0.4, -0.2) is 4.98 Å². The van der Waals surface area contributed by atoms with E-state index in [1.807, 2.05) is 0 Å². The molecule has 0 amide bonds. The van der Waals surface area contributed by atoms with E-state index in [2.05, 4.69) is 41.7 Å². The molecule has 0 radical (unpaired) electrons. The van der Waals surface area contributed by atoms with Crippen molar-refractivity contribution in [2.45, 2.75) is 26.2 Å². The molecule has 1 heterocycles. The lowest BCUT2D eigenvalue weighted by molar-refractivity contribution is 0.565. The average molecular weight is 283 g/mol. The van der Waals surface area contributed by atoms with E-state index in [4.69, 9.17) is 23.2 Å². The molecule has 72 valence electrons. The zero-order chi connectivity index (χ0) is 10.2. The third kappa shape index (κ3) is 2.36. The first-order valence-electron chi connectivity index (χ1n) is 3.84. The van der Waals surface area contributed by atoms with Gasteiger partial charge in [0, 0.05) is 11.6 Å². The predicted octanol–water partition coefficient (Wildman–Crippen LogP) is 4.45. The molecule has 13 heavy (non-hydrogen) atoms. The van der Waals surface area contributed by atoms with E-state index < -0.39 is 0 Å². The second-order valence-electron chi connectivity index (χ2n) is 3.83. The van der Waals surface area contributed by atoms with Gasteiger partial charge in [-0.2, -0.15) is 0 Å². The second kappa shape index (κ2) is 3.76. The Bertz CT molecular complexity index is 331. The summed E-state index contributed by atoms with van der Waals surface area (Å²) in [4.78, 5) is 4.25. The van der Waals surface area contributed by atoms with Gasteiger partial charge in [-0.25, -0.2) is 0 Å². The summed E-state index contributed by atoms with van der Waals surface area (Å²) in [5.41, 5.74) is 0.884. The lowest BCUT2D eigenvalue weighted by Crippen LogP contribution is -2.14. The largest absolute Gasteiger partial charge is 0.258 e. The fraction of sp³-hybridized carbons (Fsp3) is 0.444. The zero-order valence-corrected chi connectivity index (χ0v) is 10.8. The first-order chi connectivity index (χ1) is 5.84. The van der Waals surface area contributed by atoms with Crippen LogP contribution in [0.5, 0.6) is 0 Å². The normalized spacial score (nSPS) is 11.8. The van der Waals surface area contributed by atoms with Gasteiger partial charge in [0.25, 0.3) is 0 Å². The van der Waals surface area contributed by atoms with Gasteiger partial charge in [-0.15, -0.1) is 0 Å². The first kappa shape index (κ1) is 11.3. The van der Waals surface area contributed by atoms with E-state index in [9.17, 15) is 0 Å². The van der Waals surface area contributed by atoms with Gasteiger partial charge in [-0.3, -0.25) is 4.98 Å². The zero-order valence-electron chi connectivity index (χ0n) is 7.66. The maximum absolute atomic E-state index is 5.97. The molecule has 1 aromatic rings. The molecule has 0 fully saturated rings. The summed E-state index contributed by atoms with van der Waals surface area (Å²) >= 11 is 15.2. The second-order valence-corrected chi connectivity index (χ2v) is 5.41. The minimum absolute atomic E-state index is 0.0347. The molecule has 0 saturated heterocycles. The molecule has 1 aromatic heterocycles. The number of hydrogen-bond acceptors (Lipinski definition) is 1. The monoisotopic (exact) mass is 281 g/mol. The van der Waals surface area contributed by atoms with E-state index in [1.54, 1.807) is 6.20 Å². The third-order valence-electron chi connectivity index (χ3n) is 1.63. The standard InChI is InChI=1S/C9H10BrCl2N/c1-9(2,3)8-6(10)7(12)5(11)4-13-8/h4H,1-3H3. The topological polar surface area (TPSA) is 12.9 Å². The highest BCUT2D eigenvalue weighted by atomic mass is 79.9. The van der Waals surface area contributed by atoms with Crippen molar-refractivity contribution >= 4 is 39.1 Å². The van der Waals surface area contributed by atoms with Crippen molar-refractivity contribution < 1.29 is 0 Å². The molecule has 0 aliphatic heterocycles. The number of pyridine rings is 1. The van der Waals surface area contributed by atoms with Crippen LogP contribution in [0.2, 0.25) is 10.0 Å². The smallest absolute Gasteiger partial charge is 0.0787 e. The van der Waals surface area contributed by atoms with Crippen LogP contribution in [0.1, 0.15) is 26.5 Å². The van der Waals surface area contributed by atoms with Gasteiger partial charge in [0.15, 0.2) is 0 Å². The van der Waals surface area contributed by atoms with Gasteiger partial charge in [-0.1, -0.05) is 44.0 Å². The molecule has 0 saturated carbocycles. The maximum atomic E-state index is 5.97. The van der Waals surface area contributed by atoms with E-state index in [0.717, 1.165) is 10.2 Å². The van der Waals surface area contributed by atoms with Crippen LogP contribution in [-0.2, 0) is 5.41 Å². The fourth-order valence-electron chi connectivity index (χ4n) is 0.966. The van der Waals surface area contributed by atoms with Crippen LogP contribution < -0.4 is 0 Å². The highest BCUT2D eigenvalue weighted by molar-refractivity contribution is 9.10. The van der Waals surface area contributed by atoms with E-state index in [-0.39, 0.29) is 5.41 Å². The Morgan fingerprint density at radius 2 is 1.85 bits per heavy atom. The van der Waals surface area contributed by atoms with Gasteiger partial charge in [0.1, 0.15) is 0 Å². The molecule has 1 nitrogen and oxygen atoms in total. The van der Waals surface area contributed by atoms with Gasteiger partial charge >= 0.3 is 0 Å². The van der Waals surface area contributed by atoms with Crippen LogP contribution in [0, 0.1) is 0 Å². The van der Waals surface area contributed by atoms with Crippen LogP contribution in [0.4, 0.5) is 0 Å². The van der Waals surface area contributed by atoms with E-state index in [1.165, 1.54) is 0 Å². The molecule has 4 heteroatoms. The summed E-state index contributed by atoms with van der Waals surface area (Å²) in [6.45, 7) is 6.22. The number of hydrogen-bond donors (Lipinski definition) is 0. The molecule has 0 unspecified atom stereocenters. The Labute approximate surface area is 96.6 Å². The van der Waals surface area contributed by atoms with Gasteiger partial charge < -0.3 is 0 Å². The van der Waals surface area contributed by atoms with Crippen LogP contribution in [0.25, 0.3) is 0 Å². The van der Waals surface area contributed by atoms with Crippen molar-refractivity contribution in [3.63, 3.8) is 0 Å². The molecule has 0 N–H and O–H groups in total. The highest BCUT2D eigenvalue weighted by Crippen LogP contribution is 2.36. The molecule has 0 atom stereocenters. The van der Waals surface area contributed by atoms with E-state index in [0.29, 0.717) is 10.0 Å². The molecular formula is C9H10BrCl2N. The van der Waals surface area contributed by atoms with Crippen LogP contribution in [0.3, 0.4) is 0 Å². The van der Waals surface area contributed by atoms with Gasteiger partial charge in [-0.05, 0) is 15.9 Å². The van der Waals surface area contributed by atoms with Crippen LogP contribution in [0.15, 0.2) is 10.7 Å². The Morgan fingerprint density at radius 1 is 1.31 bits per heavy atom. The minimum Gasteiger partial charge on any atom is -0.258 e. The SMILES string of the molecule is CC(C)(C)c1ncc(Cl)c(Cl)c1Br. The Kier molecular flexibility index (Phi) is 3.26. The van der Waals surface area contributed by atoms with Crippen molar-refractivity contribution in [1.82, 2.24) is 4.98 Å². The Hall–Kier alpha value is 0.210. The molecule has 1 rings (SSSR count). The predicted molar refractivity (Wildman–Crippen MR) is 60.7 cm³/mol. The summed E-state index contributed by atoms with van der Waals surface area (Å²) < 4.78 is 0.786. The quantitative estimate of drug-likeness (QED) is 0.685. The molecule has 0 bridgehead atoms. The first-order valence-corrected chi connectivity index (χ1v) is 5.39. The highest BCUT2D eigenvalue weighted by Gasteiger charge is 2.21. The lowest BCUT2D eigenvalue weighted by Gasteiger charge is -2.19. The van der Waals surface area contributed by atoms with Crippen molar-refractivity contribution in [1.29, 1.82) is 0 Å². The maximum Gasteiger partial charge on any atom is 0.0787 e. The van der Waals surface area contributed by atoms with Gasteiger partial charge in [0.2, 0.25) is 0 Å². The van der Waals surface area contributed by atoms with Crippen molar-refractivity contribution in [2.75, 3.05) is 0 Å². The molecule has 0 spiro atoms. The number of aromatic nitrogens is 1. The Balaban J connectivity index is 3.35. The summed E-state index contributed by atoms with van der Waals surface area (Å²) in [6.07, 6.45) is 1.58. The Morgan fingerprint density at radius 3 is 2.31 bits per heavy atom. The summed E-state index contributed by atoms with van der Waals surface area (Å²) in [7, 11) is 0. The molecule has 0 aliphatic rings. The van der Waals surface area contributed by atoms with Crippen molar-refractivity contribution in [2.24, 2.45) is 0 Å². The minimum atomic E-state index is -0.0347. The van der Waals surface area contributed by atoms with Gasteiger partial charge in [0.05, 0.1) is 20.2 Å². The summed E-state index contributed by atoms with van der Waals surface area (Å²) in [5, 5.41) is 1.00. The lowest BCUT2D eigenvalue weighted by atomic mass is 9.92. The molecular weight excluding hydrogens is 273 g/mol. The van der Waals surface area contributed by atoms with E-state index >= 15 is 0 Å². The van der Waals surface area contributed by atoms with Crippen LogP contribution >= 0.6 is 39.1 Å². The summed E-state index contributed by atoms with van der Waals surface area (Å²) in [5.74, 6) is 0. The summed E-state index contributed by atoms with van der Waals surface area (Å²) in [6, 6.07) is 0. The molecule has 0 aliphatic carbocycles. The fourth-order valence-corrected chi connectivity index (χ4v) is 2.27.